The Hall–Kier alpha value is -1.77. The zero-order valence-corrected chi connectivity index (χ0v) is 9.52. The molecular formula is C14H11F3. The number of hydrogen-bond acceptors (Lipinski definition) is 0. The first-order valence-electron chi connectivity index (χ1n) is 5.22. The summed E-state index contributed by atoms with van der Waals surface area (Å²) >= 11 is 0. The highest BCUT2D eigenvalue weighted by Crippen LogP contribution is 2.27. The molecule has 2 rings (SSSR count). The van der Waals surface area contributed by atoms with Crippen LogP contribution >= 0.6 is 0 Å². The molecular weight excluding hydrogens is 225 g/mol. The third kappa shape index (κ3) is 2.05. The number of hydrogen-bond donors (Lipinski definition) is 0. The van der Waals surface area contributed by atoms with Crippen molar-refractivity contribution in [3.63, 3.8) is 0 Å². The lowest BCUT2D eigenvalue weighted by molar-refractivity contribution is 0.449. The van der Waals surface area contributed by atoms with E-state index in [4.69, 9.17) is 0 Å². The Labute approximate surface area is 97.7 Å². The second-order valence-corrected chi connectivity index (χ2v) is 4.02. The van der Waals surface area contributed by atoms with Crippen molar-refractivity contribution in [3.05, 3.63) is 58.9 Å². The van der Waals surface area contributed by atoms with Crippen LogP contribution in [0.25, 0.3) is 11.1 Å². The van der Waals surface area contributed by atoms with Gasteiger partial charge in [-0.3, -0.25) is 0 Å². The maximum atomic E-state index is 13.6. The molecule has 0 saturated heterocycles. The highest BCUT2D eigenvalue weighted by molar-refractivity contribution is 5.65. The van der Waals surface area contributed by atoms with Crippen LogP contribution in [0.3, 0.4) is 0 Å². The molecule has 0 heterocycles. The highest BCUT2D eigenvalue weighted by atomic mass is 19.2. The summed E-state index contributed by atoms with van der Waals surface area (Å²) in [5.74, 6) is -3.75. The Morgan fingerprint density at radius 1 is 0.765 bits per heavy atom. The molecule has 88 valence electrons. The van der Waals surface area contributed by atoms with Crippen molar-refractivity contribution < 1.29 is 13.2 Å². The zero-order valence-electron chi connectivity index (χ0n) is 9.52. The van der Waals surface area contributed by atoms with E-state index in [2.05, 4.69) is 0 Å². The van der Waals surface area contributed by atoms with Gasteiger partial charge in [-0.25, -0.2) is 13.2 Å². The molecule has 0 fully saturated rings. The molecule has 0 N–H and O–H groups in total. The molecule has 17 heavy (non-hydrogen) atoms. The molecule has 0 radical (unpaired) electrons. The first-order valence-corrected chi connectivity index (χ1v) is 5.22. The van der Waals surface area contributed by atoms with E-state index in [9.17, 15) is 13.2 Å². The minimum Gasteiger partial charge on any atom is -0.204 e. The minimum absolute atomic E-state index is 0.0759. The summed E-state index contributed by atoms with van der Waals surface area (Å²) in [5.41, 5.74) is 2.67. The molecule has 0 spiro atoms. The summed E-state index contributed by atoms with van der Waals surface area (Å²) in [6.45, 7) is 3.82. The van der Waals surface area contributed by atoms with Gasteiger partial charge in [0.2, 0.25) is 0 Å². The van der Waals surface area contributed by atoms with Gasteiger partial charge in [-0.05, 0) is 42.7 Å². The first-order chi connectivity index (χ1) is 8.00. The largest absolute Gasteiger partial charge is 0.204 e. The molecule has 0 atom stereocenters. The Morgan fingerprint density at radius 3 is 2.12 bits per heavy atom. The lowest BCUT2D eigenvalue weighted by Crippen LogP contribution is -1.94. The number of rotatable bonds is 1. The smallest absolute Gasteiger partial charge is 0.195 e. The van der Waals surface area contributed by atoms with Gasteiger partial charge in [-0.1, -0.05) is 18.2 Å². The molecule has 0 aliphatic carbocycles. The summed E-state index contributed by atoms with van der Waals surface area (Å²) in [7, 11) is 0. The van der Waals surface area contributed by atoms with Crippen LogP contribution in [0.5, 0.6) is 0 Å². The molecule has 0 saturated carbocycles. The number of halogens is 3. The Morgan fingerprint density at radius 2 is 1.47 bits per heavy atom. The molecule has 2 aromatic rings. The third-order valence-corrected chi connectivity index (χ3v) is 2.85. The fraction of sp³-hybridized carbons (Fsp3) is 0.143. The molecule has 0 bridgehead atoms. The van der Waals surface area contributed by atoms with Crippen LogP contribution in [0.2, 0.25) is 0 Å². The molecule has 0 amide bonds. The van der Waals surface area contributed by atoms with Crippen molar-refractivity contribution in [2.24, 2.45) is 0 Å². The van der Waals surface area contributed by atoms with Crippen LogP contribution in [0.15, 0.2) is 30.3 Å². The van der Waals surface area contributed by atoms with Gasteiger partial charge in [-0.15, -0.1) is 0 Å². The normalized spacial score (nSPS) is 10.6. The van der Waals surface area contributed by atoms with Crippen molar-refractivity contribution in [2.75, 3.05) is 0 Å². The predicted molar refractivity (Wildman–Crippen MR) is 61.2 cm³/mol. The van der Waals surface area contributed by atoms with Crippen molar-refractivity contribution >= 4 is 0 Å². The summed E-state index contributed by atoms with van der Waals surface area (Å²) in [4.78, 5) is 0. The number of aryl methyl sites for hydroxylation is 2. The van der Waals surface area contributed by atoms with Crippen LogP contribution in [-0.2, 0) is 0 Å². The van der Waals surface area contributed by atoms with E-state index < -0.39 is 17.5 Å². The molecule has 0 nitrogen and oxygen atoms in total. The Balaban J connectivity index is 2.61. The van der Waals surface area contributed by atoms with Gasteiger partial charge < -0.3 is 0 Å². The van der Waals surface area contributed by atoms with Gasteiger partial charge in [0.05, 0.1) is 0 Å². The van der Waals surface area contributed by atoms with Crippen molar-refractivity contribution in [1.82, 2.24) is 0 Å². The van der Waals surface area contributed by atoms with E-state index >= 15 is 0 Å². The molecule has 2 aromatic carbocycles. The van der Waals surface area contributed by atoms with E-state index in [1.165, 1.54) is 6.07 Å². The average molecular weight is 236 g/mol. The Kier molecular flexibility index (Phi) is 2.92. The van der Waals surface area contributed by atoms with E-state index in [-0.39, 0.29) is 5.56 Å². The molecule has 0 aliphatic heterocycles. The molecule has 0 unspecified atom stereocenters. The lowest BCUT2D eigenvalue weighted by Gasteiger charge is -2.07. The quantitative estimate of drug-likeness (QED) is 0.644. The first kappa shape index (κ1) is 11.7. The monoisotopic (exact) mass is 236 g/mol. The van der Waals surface area contributed by atoms with E-state index in [1.807, 2.05) is 19.9 Å². The van der Waals surface area contributed by atoms with Crippen LogP contribution in [0.1, 0.15) is 11.1 Å². The van der Waals surface area contributed by atoms with Gasteiger partial charge in [0.25, 0.3) is 0 Å². The fourth-order valence-electron chi connectivity index (χ4n) is 1.66. The predicted octanol–water partition coefficient (Wildman–Crippen LogP) is 4.39. The van der Waals surface area contributed by atoms with E-state index in [0.717, 1.165) is 17.2 Å². The van der Waals surface area contributed by atoms with Gasteiger partial charge in [0.1, 0.15) is 0 Å². The summed E-state index contributed by atoms with van der Waals surface area (Å²) in [6, 6.07) is 7.45. The van der Waals surface area contributed by atoms with Gasteiger partial charge in [0, 0.05) is 5.56 Å². The fourth-order valence-corrected chi connectivity index (χ4v) is 1.66. The Bertz CT molecular complexity index is 574. The topological polar surface area (TPSA) is 0 Å². The highest BCUT2D eigenvalue weighted by Gasteiger charge is 2.14. The van der Waals surface area contributed by atoms with Crippen LogP contribution < -0.4 is 0 Å². The minimum atomic E-state index is -1.43. The summed E-state index contributed by atoms with van der Waals surface area (Å²) in [5, 5.41) is 0. The van der Waals surface area contributed by atoms with Gasteiger partial charge in [0.15, 0.2) is 17.5 Å². The third-order valence-electron chi connectivity index (χ3n) is 2.85. The molecule has 3 heteroatoms. The van der Waals surface area contributed by atoms with Crippen LogP contribution in [0.4, 0.5) is 13.2 Å². The number of benzene rings is 2. The van der Waals surface area contributed by atoms with E-state index in [0.29, 0.717) is 5.56 Å². The molecule has 0 aromatic heterocycles. The van der Waals surface area contributed by atoms with Crippen molar-refractivity contribution in [1.29, 1.82) is 0 Å². The second kappa shape index (κ2) is 4.24. The van der Waals surface area contributed by atoms with Crippen molar-refractivity contribution in [2.45, 2.75) is 13.8 Å². The zero-order chi connectivity index (χ0) is 12.6. The SMILES string of the molecule is Cc1ccc(-c2ccc(F)c(F)c2F)cc1C. The van der Waals surface area contributed by atoms with Crippen LogP contribution in [0, 0.1) is 31.3 Å². The van der Waals surface area contributed by atoms with Crippen LogP contribution in [-0.4, -0.2) is 0 Å². The summed E-state index contributed by atoms with van der Waals surface area (Å²) in [6.07, 6.45) is 0. The van der Waals surface area contributed by atoms with Gasteiger partial charge >= 0.3 is 0 Å². The van der Waals surface area contributed by atoms with Crippen molar-refractivity contribution in [3.8, 4) is 11.1 Å². The lowest BCUT2D eigenvalue weighted by atomic mass is 10.00. The maximum absolute atomic E-state index is 13.6. The summed E-state index contributed by atoms with van der Waals surface area (Å²) < 4.78 is 39.5. The standard InChI is InChI=1S/C14H11F3/c1-8-3-4-10(7-9(8)2)11-5-6-12(15)14(17)13(11)16/h3-7H,1-2H3. The maximum Gasteiger partial charge on any atom is 0.195 e. The van der Waals surface area contributed by atoms with Gasteiger partial charge in [-0.2, -0.15) is 0 Å². The second-order valence-electron chi connectivity index (χ2n) is 4.02. The molecule has 0 aliphatic rings. The average Bonchev–Trinajstić information content (AvgIpc) is 2.30. The van der Waals surface area contributed by atoms with E-state index in [1.54, 1.807) is 12.1 Å².